The SMILES string of the molecule is CC(C)n1nnc2cc(S(=O)(=O)N3CCCC(C(=O)NC4CCCCC4)C3)ccc21. The van der Waals surface area contributed by atoms with Crippen molar-refractivity contribution in [2.24, 2.45) is 5.92 Å². The molecule has 1 aromatic heterocycles. The average molecular weight is 434 g/mol. The minimum Gasteiger partial charge on any atom is -0.353 e. The minimum absolute atomic E-state index is 0.00266. The summed E-state index contributed by atoms with van der Waals surface area (Å²) in [6.45, 7) is 4.68. The van der Waals surface area contributed by atoms with Gasteiger partial charge in [-0.05, 0) is 57.7 Å². The Morgan fingerprint density at radius 2 is 1.90 bits per heavy atom. The first kappa shape index (κ1) is 21.2. The van der Waals surface area contributed by atoms with E-state index < -0.39 is 10.0 Å². The van der Waals surface area contributed by atoms with E-state index in [0.717, 1.165) is 37.6 Å². The van der Waals surface area contributed by atoms with Crippen molar-refractivity contribution in [3.63, 3.8) is 0 Å². The second-order valence-corrected chi connectivity index (χ2v) is 10.8. The summed E-state index contributed by atoms with van der Waals surface area (Å²) in [5, 5.41) is 11.4. The molecule has 1 aromatic carbocycles. The van der Waals surface area contributed by atoms with E-state index in [9.17, 15) is 13.2 Å². The summed E-state index contributed by atoms with van der Waals surface area (Å²) in [5.74, 6) is -0.293. The van der Waals surface area contributed by atoms with Crippen LogP contribution in [-0.2, 0) is 14.8 Å². The Morgan fingerprint density at radius 1 is 1.13 bits per heavy atom. The number of sulfonamides is 1. The maximum atomic E-state index is 13.3. The third-order valence-corrected chi connectivity index (χ3v) is 8.14. The van der Waals surface area contributed by atoms with Crippen LogP contribution >= 0.6 is 0 Å². The van der Waals surface area contributed by atoms with Gasteiger partial charge in [0.15, 0.2) is 0 Å². The third kappa shape index (κ3) is 4.23. The predicted molar refractivity (Wildman–Crippen MR) is 114 cm³/mol. The van der Waals surface area contributed by atoms with Gasteiger partial charge in [0.1, 0.15) is 5.52 Å². The van der Waals surface area contributed by atoms with Gasteiger partial charge in [-0.3, -0.25) is 4.79 Å². The number of benzene rings is 1. The summed E-state index contributed by atoms with van der Waals surface area (Å²) in [7, 11) is -3.69. The number of piperidine rings is 1. The highest BCUT2D eigenvalue weighted by Gasteiger charge is 2.34. The number of rotatable bonds is 5. The van der Waals surface area contributed by atoms with E-state index in [1.54, 1.807) is 22.9 Å². The monoisotopic (exact) mass is 433 g/mol. The van der Waals surface area contributed by atoms with Gasteiger partial charge >= 0.3 is 0 Å². The molecule has 2 heterocycles. The van der Waals surface area contributed by atoms with Gasteiger partial charge < -0.3 is 5.32 Å². The molecular weight excluding hydrogens is 402 g/mol. The summed E-state index contributed by atoms with van der Waals surface area (Å²) < 4.78 is 29.8. The van der Waals surface area contributed by atoms with E-state index in [1.165, 1.54) is 10.7 Å². The fourth-order valence-corrected chi connectivity index (χ4v) is 6.10. The topological polar surface area (TPSA) is 97.2 Å². The largest absolute Gasteiger partial charge is 0.353 e. The first-order valence-corrected chi connectivity index (χ1v) is 12.5. The van der Waals surface area contributed by atoms with Gasteiger partial charge in [0.25, 0.3) is 0 Å². The van der Waals surface area contributed by atoms with Crippen molar-refractivity contribution in [2.45, 2.75) is 75.8 Å². The number of aromatic nitrogens is 3. The molecule has 0 spiro atoms. The van der Waals surface area contributed by atoms with Crippen molar-refractivity contribution < 1.29 is 13.2 Å². The molecule has 1 unspecified atom stereocenters. The van der Waals surface area contributed by atoms with Gasteiger partial charge in [-0.15, -0.1) is 5.10 Å². The number of hydrogen-bond acceptors (Lipinski definition) is 5. The molecule has 2 fully saturated rings. The first-order valence-electron chi connectivity index (χ1n) is 11.0. The number of nitrogens with zero attached hydrogens (tertiary/aromatic N) is 4. The molecule has 8 nitrogen and oxygen atoms in total. The molecule has 2 aromatic rings. The van der Waals surface area contributed by atoms with Crippen LogP contribution in [0.15, 0.2) is 23.1 Å². The van der Waals surface area contributed by atoms with Crippen molar-refractivity contribution in [2.75, 3.05) is 13.1 Å². The second kappa shape index (κ2) is 8.63. The zero-order chi connectivity index (χ0) is 21.3. The molecule has 1 atom stereocenters. The number of amides is 1. The molecule has 1 saturated heterocycles. The van der Waals surface area contributed by atoms with Crippen LogP contribution < -0.4 is 5.32 Å². The van der Waals surface area contributed by atoms with Gasteiger partial charge in [-0.2, -0.15) is 4.31 Å². The Balaban J connectivity index is 1.49. The van der Waals surface area contributed by atoms with E-state index in [4.69, 9.17) is 0 Å². The fraction of sp³-hybridized carbons (Fsp3) is 0.667. The van der Waals surface area contributed by atoms with Crippen molar-refractivity contribution in [1.29, 1.82) is 0 Å². The van der Waals surface area contributed by atoms with Crippen LogP contribution in [-0.4, -0.2) is 52.8 Å². The fourth-order valence-electron chi connectivity index (χ4n) is 4.55. The highest BCUT2D eigenvalue weighted by Crippen LogP contribution is 2.27. The van der Waals surface area contributed by atoms with Gasteiger partial charge in [0.2, 0.25) is 15.9 Å². The van der Waals surface area contributed by atoms with Gasteiger partial charge in [0, 0.05) is 25.2 Å². The summed E-state index contributed by atoms with van der Waals surface area (Å²) in [5.41, 5.74) is 1.38. The number of carbonyl (C=O) groups excluding carboxylic acids is 1. The molecule has 9 heteroatoms. The van der Waals surface area contributed by atoms with E-state index >= 15 is 0 Å². The van der Waals surface area contributed by atoms with Gasteiger partial charge in [0.05, 0.1) is 16.3 Å². The van der Waals surface area contributed by atoms with Crippen LogP contribution in [0, 0.1) is 5.92 Å². The quantitative estimate of drug-likeness (QED) is 0.782. The Morgan fingerprint density at radius 3 is 2.63 bits per heavy atom. The van der Waals surface area contributed by atoms with Crippen LogP contribution in [0.1, 0.15) is 64.8 Å². The van der Waals surface area contributed by atoms with Crippen LogP contribution in [0.5, 0.6) is 0 Å². The molecule has 164 valence electrons. The second-order valence-electron chi connectivity index (χ2n) is 8.82. The van der Waals surface area contributed by atoms with Gasteiger partial charge in [-0.1, -0.05) is 24.5 Å². The van der Waals surface area contributed by atoms with E-state index in [2.05, 4.69) is 15.6 Å². The van der Waals surface area contributed by atoms with Crippen molar-refractivity contribution in [3.8, 4) is 0 Å². The van der Waals surface area contributed by atoms with Gasteiger partial charge in [-0.25, -0.2) is 13.1 Å². The third-order valence-electron chi connectivity index (χ3n) is 6.28. The van der Waals surface area contributed by atoms with E-state index in [1.807, 2.05) is 13.8 Å². The lowest BCUT2D eigenvalue weighted by molar-refractivity contribution is -0.127. The Bertz CT molecular complexity index is 1010. The summed E-state index contributed by atoms with van der Waals surface area (Å²) in [4.78, 5) is 13.0. The number of carbonyl (C=O) groups is 1. The highest BCUT2D eigenvalue weighted by molar-refractivity contribution is 7.89. The molecule has 1 amide bonds. The van der Waals surface area contributed by atoms with Crippen molar-refractivity contribution >= 4 is 27.0 Å². The maximum Gasteiger partial charge on any atom is 0.243 e. The number of hydrogen-bond donors (Lipinski definition) is 1. The normalized spacial score (nSPS) is 21.9. The predicted octanol–water partition coefficient (Wildman–Crippen LogP) is 2.86. The van der Waals surface area contributed by atoms with Crippen molar-refractivity contribution in [1.82, 2.24) is 24.6 Å². The van der Waals surface area contributed by atoms with E-state index in [0.29, 0.717) is 18.5 Å². The van der Waals surface area contributed by atoms with Crippen LogP contribution in [0.25, 0.3) is 11.0 Å². The van der Waals surface area contributed by atoms with Crippen LogP contribution in [0.2, 0.25) is 0 Å². The standard InChI is InChI=1S/C21H31N5O3S/c1-15(2)26-20-11-10-18(13-19(20)23-24-26)30(28,29)25-12-6-7-16(14-25)21(27)22-17-8-4-3-5-9-17/h10-11,13,15-17H,3-9,12,14H2,1-2H3,(H,22,27). The maximum absolute atomic E-state index is 13.3. The zero-order valence-corrected chi connectivity index (χ0v) is 18.6. The summed E-state index contributed by atoms with van der Waals surface area (Å²) in [6, 6.07) is 5.35. The molecule has 2 aliphatic rings. The smallest absolute Gasteiger partial charge is 0.243 e. The highest BCUT2D eigenvalue weighted by atomic mass is 32.2. The Kier molecular flexibility index (Phi) is 6.11. The van der Waals surface area contributed by atoms with Crippen LogP contribution in [0.3, 0.4) is 0 Å². The zero-order valence-electron chi connectivity index (χ0n) is 17.7. The minimum atomic E-state index is -3.69. The Labute approximate surface area is 178 Å². The molecular formula is C21H31N5O3S. The molecule has 1 aliphatic heterocycles. The average Bonchev–Trinajstić information content (AvgIpc) is 3.18. The molecule has 1 aliphatic carbocycles. The lowest BCUT2D eigenvalue weighted by atomic mass is 9.93. The molecule has 1 N–H and O–H groups in total. The molecule has 0 radical (unpaired) electrons. The van der Waals surface area contributed by atoms with Crippen LogP contribution in [0.4, 0.5) is 0 Å². The summed E-state index contributed by atoms with van der Waals surface area (Å²) >= 11 is 0. The lowest BCUT2D eigenvalue weighted by Gasteiger charge is -2.32. The summed E-state index contributed by atoms with van der Waals surface area (Å²) in [6.07, 6.45) is 7.01. The van der Waals surface area contributed by atoms with Crippen molar-refractivity contribution in [3.05, 3.63) is 18.2 Å². The molecule has 1 saturated carbocycles. The lowest BCUT2D eigenvalue weighted by Crippen LogP contribution is -2.47. The molecule has 30 heavy (non-hydrogen) atoms. The molecule has 0 bridgehead atoms. The Hall–Kier alpha value is -2.00. The first-order chi connectivity index (χ1) is 14.4. The molecule has 4 rings (SSSR count). The van der Waals surface area contributed by atoms with E-state index in [-0.39, 0.29) is 35.3 Å². The number of nitrogens with one attached hydrogen (secondary N) is 1. The number of fused-ring (bicyclic) bond motifs is 1.